The van der Waals surface area contributed by atoms with Crippen molar-refractivity contribution in [2.24, 2.45) is 0 Å². The van der Waals surface area contributed by atoms with Gasteiger partial charge < -0.3 is 5.32 Å². The lowest BCUT2D eigenvalue weighted by molar-refractivity contribution is 0.0946. The number of rotatable bonds is 4. The zero-order valence-electron chi connectivity index (χ0n) is 12.8. The van der Waals surface area contributed by atoms with Crippen molar-refractivity contribution < 1.29 is 9.18 Å². The van der Waals surface area contributed by atoms with Crippen LogP contribution in [0.2, 0.25) is 0 Å². The molecule has 5 nitrogen and oxygen atoms in total. The fourth-order valence-electron chi connectivity index (χ4n) is 2.14. The molecule has 1 N–H and O–H groups in total. The van der Waals surface area contributed by atoms with E-state index in [0.717, 1.165) is 10.0 Å². The minimum absolute atomic E-state index is 0.203. The summed E-state index contributed by atoms with van der Waals surface area (Å²) >= 11 is 3.36. The lowest BCUT2D eigenvalue weighted by Gasteiger charge is -2.03. The fraction of sp³-hybridized carbons (Fsp3) is 0.118. The van der Waals surface area contributed by atoms with E-state index in [1.807, 2.05) is 24.3 Å². The number of hydrogen-bond donors (Lipinski definition) is 1. The Morgan fingerprint density at radius 2 is 2.00 bits per heavy atom. The second-order valence-corrected chi connectivity index (χ2v) is 6.21. The molecule has 0 saturated carbocycles. The van der Waals surface area contributed by atoms with Crippen LogP contribution in [0.4, 0.5) is 4.39 Å². The molecule has 0 unspecified atom stereocenters. The van der Waals surface area contributed by atoms with E-state index in [1.54, 1.807) is 19.1 Å². The highest BCUT2D eigenvalue weighted by molar-refractivity contribution is 9.10. The van der Waals surface area contributed by atoms with Crippen molar-refractivity contribution in [2.75, 3.05) is 0 Å². The van der Waals surface area contributed by atoms with Gasteiger partial charge in [0.05, 0.1) is 11.9 Å². The number of aromatic nitrogens is 3. The second-order valence-electron chi connectivity index (χ2n) is 5.29. The van der Waals surface area contributed by atoms with Gasteiger partial charge in [-0.2, -0.15) is 0 Å². The van der Waals surface area contributed by atoms with Crippen molar-refractivity contribution in [1.82, 2.24) is 20.3 Å². The number of hydrogen-bond acceptors (Lipinski definition) is 3. The number of aryl methyl sites for hydroxylation is 1. The molecule has 1 heterocycles. The SMILES string of the molecule is Cc1cc(-n2cc(C(=O)NCc3ccc(Br)cc3)nn2)ccc1F. The summed E-state index contributed by atoms with van der Waals surface area (Å²) in [5, 5.41) is 10.6. The van der Waals surface area contributed by atoms with E-state index >= 15 is 0 Å². The van der Waals surface area contributed by atoms with E-state index in [1.165, 1.54) is 16.9 Å². The van der Waals surface area contributed by atoms with E-state index in [0.29, 0.717) is 17.8 Å². The van der Waals surface area contributed by atoms with Gasteiger partial charge in [0, 0.05) is 11.0 Å². The Kier molecular flexibility index (Phi) is 4.71. The molecule has 7 heteroatoms. The Balaban J connectivity index is 1.69. The standard InChI is InChI=1S/C17H14BrFN4O/c1-11-8-14(6-7-15(11)19)23-10-16(21-22-23)17(24)20-9-12-2-4-13(18)5-3-12/h2-8,10H,9H2,1H3,(H,20,24). The summed E-state index contributed by atoms with van der Waals surface area (Å²) < 4.78 is 15.7. The summed E-state index contributed by atoms with van der Waals surface area (Å²) in [6.07, 6.45) is 1.52. The monoisotopic (exact) mass is 388 g/mol. The van der Waals surface area contributed by atoms with Crippen LogP contribution in [0.5, 0.6) is 0 Å². The van der Waals surface area contributed by atoms with Crippen molar-refractivity contribution in [2.45, 2.75) is 13.5 Å². The van der Waals surface area contributed by atoms with Gasteiger partial charge >= 0.3 is 0 Å². The normalized spacial score (nSPS) is 10.6. The highest BCUT2D eigenvalue weighted by Gasteiger charge is 2.12. The number of carbonyl (C=O) groups excluding carboxylic acids is 1. The highest BCUT2D eigenvalue weighted by atomic mass is 79.9. The molecule has 24 heavy (non-hydrogen) atoms. The lowest BCUT2D eigenvalue weighted by atomic mass is 10.2. The molecule has 2 aromatic carbocycles. The molecule has 0 fully saturated rings. The third kappa shape index (κ3) is 3.68. The maximum Gasteiger partial charge on any atom is 0.273 e. The molecule has 0 atom stereocenters. The van der Waals surface area contributed by atoms with Crippen LogP contribution >= 0.6 is 15.9 Å². The molecule has 122 valence electrons. The van der Waals surface area contributed by atoms with Crippen LogP contribution in [0.25, 0.3) is 5.69 Å². The maximum absolute atomic E-state index is 13.3. The minimum Gasteiger partial charge on any atom is -0.347 e. The van der Waals surface area contributed by atoms with Gasteiger partial charge in [0.1, 0.15) is 5.82 Å². The number of nitrogens with one attached hydrogen (secondary N) is 1. The zero-order valence-corrected chi connectivity index (χ0v) is 14.4. The van der Waals surface area contributed by atoms with Gasteiger partial charge in [-0.1, -0.05) is 33.3 Å². The van der Waals surface area contributed by atoms with Gasteiger partial charge in [-0.15, -0.1) is 5.10 Å². The Hall–Kier alpha value is -2.54. The van der Waals surface area contributed by atoms with Crippen LogP contribution in [0.1, 0.15) is 21.6 Å². The summed E-state index contributed by atoms with van der Waals surface area (Å²) in [7, 11) is 0. The Labute approximate surface area is 146 Å². The Morgan fingerprint density at radius 1 is 1.25 bits per heavy atom. The van der Waals surface area contributed by atoms with Crippen molar-refractivity contribution in [3.05, 3.63) is 75.8 Å². The molecule has 0 bridgehead atoms. The number of benzene rings is 2. The molecule has 3 rings (SSSR count). The lowest BCUT2D eigenvalue weighted by Crippen LogP contribution is -2.23. The summed E-state index contributed by atoms with van der Waals surface area (Å²) in [6.45, 7) is 2.07. The van der Waals surface area contributed by atoms with E-state index in [9.17, 15) is 9.18 Å². The van der Waals surface area contributed by atoms with E-state index < -0.39 is 0 Å². The number of amides is 1. The molecule has 1 aromatic heterocycles. The smallest absolute Gasteiger partial charge is 0.273 e. The van der Waals surface area contributed by atoms with Crippen molar-refractivity contribution in [1.29, 1.82) is 0 Å². The van der Waals surface area contributed by atoms with Crippen LogP contribution in [-0.4, -0.2) is 20.9 Å². The molecule has 0 aliphatic carbocycles. The second kappa shape index (κ2) is 6.92. The van der Waals surface area contributed by atoms with Gasteiger partial charge in [-0.3, -0.25) is 4.79 Å². The average molecular weight is 389 g/mol. The van der Waals surface area contributed by atoms with Crippen LogP contribution in [0, 0.1) is 12.7 Å². The van der Waals surface area contributed by atoms with Gasteiger partial charge in [0.15, 0.2) is 5.69 Å². The fourth-order valence-corrected chi connectivity index (χ4v) is 2.40. The van der Waals surface area contributed by atoms with Gasteiger partial charge in [-0.05, 0) is 48.4 Å². The third-order valence-corrected chi connectivity index (χ3v) is 4.03. The van der Waals surface area contributed by atoms with Crippen molar-refractivity contribution >= 4 is 21.8 Å². The van der Waals surface area contributed by atoms with E-state index in [4.69, 9.17) is 0 Å². The first-order chi connectivity index (χ1) is 11.5. The third-order valence-electron chi connectivity index (χ3n) is 3.50. The summed E-state index contributed by atoms with van der Waals surface area (Å²) in [6, 6.07) is 12.3. The summed E-state index contributed by atoms with van der Waals surface area (Å²) in [4.78, 5) is 12.2. The first kappa shape index (κ1) is 16.3. The molecule has 0 saturated heterocycles. The van der Waals surface area contributed by atoms with E-state index in [2.05, 4.69) is 31.6 Å². The van der Waals surface area contributed by atoms with Crippen LogP contribution in [-0.2, 0) is 6.54 Å². The van der Waals surface area contributed by atoms with Gasteiger partial charge in [-0.25, -0.2) is 9.07 Å². The van der Waals surface area contributed by atoms with Crippen molar-refractivity contribution in [3.63, 3.8) is 0 Å². The average Bonchev–Trinajstić information content (AvgIpc) is 3.07. The van der Waals surface area contributed by atoms with E-state index in [-0.39, 0.29) is 17.4 Å². The predicted molar refractivity (Wildman–Crippen MR) is 91.4 cm³/mol. The Morgan fingerprint density at radius 3 is 2.71 bits per heavy atom. The maximum atomic E-state index is 13.3. The molecule has 3 aromatic rings. The molecule has 0 spiro atoms. The quantitative estimate of drug-likeness (QED) is 0.744. The summed E-state index contributed by atoms with van der Waals surface area (Å²) in [5.74, 6) is -0.602. The Bertz CT molecular complexity index is 877. The van der Waals surface area contributed by atoms with Crippen molar-refractivity contribution in [3.8, 4) is 5.69 Å². The molecule has 0 radical (unpaired) electrons. The predicted octanol–water partition coefficient (Wildman–Crippen LogP) is 3.41. The molecule has 0 aliphatic rings. The molecular formula is C17H14BrFN4O. The summed E-state index contributed by atoms with van der Waals surface area (Å²) in [5.41, 5.74) is 2.33. The highest BCUT2D eigenvalue weighted by Crippen LogP contribution is 2.13. The number of nitrogens with zero attached hydrogens (tertiary/aromatic N) is 3. The zero-order chi connectivity index (χ0) is 17.1. The molecule has 0 aliphatic heterocycles. The number of halogens is 2. The number of carbonyl (C=O) groups is 1. The van der Waals surface area contributed by atoms with Crippen LogP contribution in [0.15, 0.2) is 53.1 Å². The van der Waals surface area contributed by atoms with Gasteiger partial charge in [0.25, 0.3) is 5.91 Å². The van der Waals surface area contributed by atoms with Crippen LogP contribution in [0.3, 0.4) is 0 Å². The first-order valence-electron chi connectivity index (χ1n) is 7.24. The minimum atomic E-state index is -0.317. The van der Waals surface area contributed by atoms with Crippen LogP contribution < -0.4 is 5.32 Å². The van der Waals surface area contributed by atoms with Gasteiger partial charge in [0.2, 0.25) is 0 Å². The molecular weight excluding hydrogens is 375 g/mol. The molecule has 1 amide bonds. The first-order valence-corrected chi connectivity index (χ1v) is 8.04. The topological polar surface area (TPSA) is 59.8 Å². The largest absolute Gasteiger partial charge is 0.347 e.